The third kappa shape index (κ3) is 1.60. The monoisotopic (exact) mass is 186 g/mol. The first-order valence-corrected chi connectivity index (χ1v) is 3.49. The highest BCUT2D eigenvalue weighted by atomic mass is 35.5. The van der Waals surface area contributed by atoms with Crippen molar-refractivity contribution >= 4 is 17.4 Å². The molecule has 0 amide bonds. The number of amidine groups is 1. The SMILES string of the molecule is NC(=NO)c1ccc(Cl)cc1O. The molecule has 0 atom stereocenters. The number of hydrogen-bond donors (Lipinski definition) is 3. The van der Waals surface area contributed by atoms with E-state index in [0.29, 0.717) is 5.02 Å². The number of benzene rings is 1. The summed E-state index contributed by atoms with van der Waals surface area (Å²) < 4.78 is 0. The molecule has 0 radical (unpaired) electrons. The average molecular weight is 187 g/mol. The maximum atomic E-state index is 9.24. The van der Waals surface area contributed by atoms with Crippen molar-refractivity contribution in [3.8, 4) is 5.75 Å². The van der Waals surface area contributed by atoms with Gasteiger partial charge in [-0.25, -0.2) is 0 Å². The third-order valence-electron chi connectivity index (χ3n) is 1.34. The number of hydrogen-bond acceptors (Lipinski definition) is 3. The van der Waals surface area contributed by atoms with Gasteiger partial charge in [0.25, 0.3) is 0 Å². The highest BCUT2D eigenvalue weighted by Crippen LogP contribution is 2.21. The van der Waals surface area contributed by atoms with Gasteiger partial charge in [0.1, 0.15) is 5.75 Å². The van der Waals surface area contributed by atoms with Crippen LogP contribution in [0.3, 0.4) is 0 Å². The molecule has 0 saturated heterocycles. The normalized spacial score (nSPS) is 11.6. The molecule has 0 aliphatic carbocycles. The van der Waals surface area contributed by atoms with Crippen LogP contribution in [-0.2, 0) is 0 Å². The number of phenolic OH excluding ortho intramolecular Hbond substituents is 1. The summed E-state index contributed by atoms with van der Waals surface area (Å²) in [7, 11) is 0. The van der Waals surface area contributed by atoms with Crippen molar-refractivity contribution in [1.29, 1.82) is 0 Å². The molecule has 4 N–H and O–H groups in total. The minimum atomic E-state index is -0.149. The summed E-state index contributed by atoms with van der Waals surface area (Å²) in [6.07, 6.45) is 0. The molecular weight excluding hydrogens is 180 g/mol. The highest BCUT2D eigenvalue weighted by molar-refractivity contribution is 6.30. The Morgan fingerprint density at radius 3 is 2.67 bits per heavy atom. The maximum Gasteiger partial charge on any atom is 0.173 e. The lowest BCUT2D eigenvalue weighted by Crippen LogP contribution is -2.12. The van der Waals surface area contributed by atoms with E-state index in [2.05, 4.69) is 5.16 Å². The number of aromatic hydroxyl groups is 1. The van der Waals surface area contributed by atoms with Gasteiger partial charge in [0.05, 0.1) is 5.56 Å². The number of rotatable bonds is 1. The molecule has 5 heteroatoms. The van der Waals surface area contributed by atoms with Crippen molar-refractivity contribution in [3.05, 3.63) is 28.8 Å². The minimum absolute atomic E-state index is 0.113. The smallest absolute Gasteiger partial charge is 0.173 e. The Labute approximate surface area is 73.9 Å². The van der Waals surface area contributed by atoms with Gasteiger partial charge in [-0.15, -0.1) is 0 Å². The Morgan fingerprint density at radius 1 is 1.50 bits per heavy atom. The molecule has 0 fully saturated rings. The van der Waals surface area contributed by atoms with E-state index in [1.165, 1.54) is 18.2 Å². The third-order valence-corrected chi connectivity index (χ3v) is 1.58. The minimum Gasteiger partial charge on any atom is -0.507 e. The molecule has 1 aromatic carbocycles. The van der Waals surface area contributed by atoms with Crippen LogP contribution in [0.4, 0.5) is 0 Å². The summed E-state index contributed by atoms with van der Waals surface area (Å²) in [6.45, 7) is 0. The van der Waals surface area contributed by atoms with Crippen molar-refractivity contribution < 1.29 is 10.3 Å². The van der Waals surface area contributed by atoms with E-state index in [1.54, 1.807) is 0 Å². The largest absolute Gasteiger partial charge is 0.507 e. The summed E-state index contributed by atoms with van der Waals surface area (Å²) in [5, 5.41) is 20.7. The number of nitrogens with zero attached hydrogens (tertiary/aromatic N) is 1. The molecule has 12 heavy (non-hydrogen) atoms. The van der Waals surface area contributed by atoms with Crippen molar-refractivity contribution in [2.45, 2.75) is 0 Å². The molecule has 0 spiro atoms. The number of phenols is 1. The molecule has 4 nitrogen and oxygen atoms in total. The van der Waals surface area contributed by atoms with Gasteiger partial charge in [0.2, 0.25) is 0 Å². The van der Waals surface area contributed by atoms with Crippen LogP contribution in [0.2, 0.25) is 5.02 Å². The Morgan fingerprint density at radius 2 is 2.17 bits per heavy atom. The molecule has 64 valence electrons. The maximum absolute atomic E-state index is 9.24. The van der Waals surface area contributed by atoms with E-state index < -0.39 is 0 Å². The van der Waals surface area contributed by atoms with Crippen LogP contribution in [0.1, 0.15) is 5.56 Å². The van der Waals surface area contributed by atoms with Crippen LogP contribution >= 0.6 is 11.6 Å². The predicted molar refractivity (Wildman–Crippen MR) is 45.6 cm³/mol. The molecule has 0 heterocycles. The Kier molecular flexibility index (Phi) is 2.40. The average Bonchev–Trinajstić information content (AvgIpc) is 2.03. The fraction of sp³-hybridized carbons (Fsp3) is 0. The topological polar surface area (TPSA) is 78.8 Å². The molecule has 0 aliphatic heterocycles. The second-order valence-electron chi connectivity index (χ2n) is 2.15. The summed E-state index contributed by atoms with van der Waals surface area (Å²) in [4.78, 5) is 0. The molecular formula is C7H7ClN2O2. The second kappa shape index (κ2) is 3.32. The first-order valence-electron chi connectivity index (χ1n) is 3.11. The molecule has 0 aliphatic rings. The summed E-state index contributed by atoms with van der Waals surface area (Å²) in [6, 6.07) is 4.32. The summed E-state index contributed by atoms with van der Waals surface area (Å²) in [5.41, 5.74) is 5.49. The standard InChI is InChI=1S/C7H7ClN2O2/c8-4-1-2-5(6(11)3-4)7(9)10-12/h1-3,11-12H,(H2,9,10). The molecule has 0 saturated carbocycles. The molecule has 0 bridgehead atoms. The van der Waals surface area contributed by atoms with Gasteiger partial charge in [-0.1, -0.05) is 16.8 Å². The Bertz CT molecular complexity index is 325. The lowest BCUT2D eigenvalue weighted by molar-refractivity contribution is 0.318. The highest BCUT2D eigenvalue weighted by Gasteiger charge is 2.05. The number of nitrogens with two attached hydrogens (primary N) is 1. The van der Waals surface area contributed by atoms with Gasteiger partial charge in [-0.3, -0.25) is 0 Å². The van der Waals surface area contributed by atoms with Gasteiger partial charge in [-0.05, 0) is 18.2 Å². The molecule has 0 unspecified atom stereocenters. The fourth-order valence-corrected chi connectivity index (χ4v) is 0.942. The number of halogens is 1. The van der Waals surface area contributed by atoms with E-state index >= 15 is 0 Å². The zero-order chi connectivity index (χ0) is 9.14. The van der Waals surface area contributed by atoms with E-state index in [1.807, 2.05) is 0 Å². The van der Waals surface area contributed by atoms with Gasteiger partial charge < -0.3 is 16.0 Å². The molecule has 1 aromatic rings. The van der Waals surface area contributed by atoms with Gasteiger partial charge in [-0.2, -0.15) is 0 Å². The van der Waals surface area contributed by atoms with Crippen LogP contribution in [0, 0.1) is 0 Å². The lowest BCUT2D eigenvalue weighted by Gasteiger charge is -2.01. The van der Waals surface area contributed by atoms with Gasteiger partial charge in [0.15, 0.2) is 5.84 Å². The first kappa shape index (κ1) is 8.67. The Balaban J connectivity index is 3.18. The zero-order valence-corrected chi connectivity index (χ0v) is 6.78. The van der Waals surface area contributed by atoms with E-state index in [-0.39, 0.29) is 17.1 Å². The van der Waals surface area contributed by atoms with Crippen LogP contribution in [0.15, 0.2) is 23.4 Å². The van der Waals surface area contributed by atoms with Crippen molar-refractivity contribution in [1.82, 2.24) is 0 Å². The number of oxime groups is 1. The van der Waals surface area contributed by atoms with Gasteiger partial charge in [0, 0.05) is 5.02 Å². The van der Waals surface area contributed by atoms with Crippen LogP contribution in [-0.4, -0.2) is 16.1 Å². The van der Waals surface area contributed by atoms with Crippen molar-refractivity contribution in [2.24, 2.45) is 10.9 Å². The van der Waals surface area contributed by atoms with Crippen LogP contribution in [0.25, 0.3) is 0 Å². The molecule has 0 aromatic heterocycles. The quantitative estimate of drug-likeness (QED) is 0.266. The summed E-state index contributed by atoms with van der Waals surface area (Å²) in [5.74, 6) is -0.262. The second-order valence-corrected chi connectivity index (χ2v) is 2.58. The van der Waals surface area contributed by atoms with E-state index in [4.69, 9.17) is 22.5 Å². The molecule has 1 rings (SSSR count). The van der Waals surface area contributed by atoms with E-state index in [9.17, 15) is 5.11 Å². The fourth-order valence-electron chi connectivity index (χ4n) is 0.775. The Hall–Kier alpha value is -1.42. The van der Waals surface area contributed by atoms with Crippen molar-refractivity contribution in [2.75, 3.05) is 0 Å². The lowest BCUT2D eigenvalue weighted by atomic mass is 10.2. The van der Waals surface area contributed by atoms with Crippen molar-refractivity contribution in [3.63, 3.8) is 0 Å². The zero-order valence-electron chi connectivity index (χ0n) is 6.03. The van der Waals surface area contributed by atoms with Gasteiger partial charge >= 0.3 is 0 Å². The van der Waals surface area contributed by atoms with Crippen LogP contribution < -0.4 is 5.73 Å². The van der Waals surface area contributed by atoms with Crippen LogP contribution in [0.5, 0.6) is 5.75 Å². The predicted octanol–water partition coefficient (Wildman–Crippen LogP) is 1.14. The van der Waals surface area contributed by atoms with E-state index in [0.717, 1.165) is 0 Å². The first-order chi connectivity index (χ1) is 5.65. The summed E-state index contributed by atoms with van der Waals surface area (Å²) >= 11 is 5.56.